The summed E-state index contributed by atoms with van der Waals surface area (Å²) in [7, 11) is 0. The van der Waals surface area contributed by atoms with Crippen molar-refractivity contribution in [3.63, 3.8) is 0 Å². The van der Waals surface area contributed by atoms with Gasteiger partial charge in [0, 0.05) is 22.2 Å². The Morgan fingerprint density at radius 2 is 1.47 bits per heavy atom. The monoisotopic (exact) mass is 496 g/mol. The van der Waals surface area contributed by atoms with Crippen LogP contribution in [0.4, 0.5) is 0 Å². The minimum absolute atomic E-state index is 0.0200. The first-order valence-corrected chi connectivity index (χ1v) is 11.4. The molecule has 0 spiro atoms. The lowest BCUT2D eigenvalue weighted by molar-refractivity contribution is -0.152. The lowest BCUT2D eigenvalue weighted by Crippen LogP contribution is -2.84. The predicted octanol–water partition coefficient (Wildman–Crippen LogP) is 4.19. The molecule has 0 heterocycles. The molecule has 2 bridgehead atoms. The second kappa shape index (κ2) is 9.48. The van der Waals surface area contributed by atoms with E-state index in [-0.39, 0.29) is 36.1 Å². The fraction of sp³-hybridized carbons (Fsp3) is 0.391. The largest absolute Gasteiger partial charge is 0.484 e. The van der Waals surface area contributed by atoms with Crippen molar-refractivity contribution in [2.75, 3.05) is 19.8 Å². The molecular weight excluding hydrogens is 475 g/mol. The number of hydrogen-bond acceptors (Lipinski definition) is 4. The number of hydrogen-bond donors (Lipinski definition) is 2. The lowest BCUT2D eigenvalue weighted by Gasteiger charge is -2.70. The fourth-order valence-electron chi connectivity index (χ4n) is 4.44. The number of benzene rings is 2. The number of carbonyl (C=O) groups excluding carboxylic acids is 2. The Morgan fingerprint density at radius 3 is 2.09 bits per heavy atom. The summed E-state index contributed by atoms with van der Waals surface area (Å²) in [5, 5.41) is 7.55. The van der Waals surface area contributed by atoms with Gasteiger partial charge < -0.3 is 20.1 Å². The smallest absolute Gasteiger partial charge is 0.258 e. The first-order chi connectivity index (χ1) is 15.3. The average molecular weight is 498 g/mol. The maximum atomic E-state index is 12.2. The molecule has 170 valence electrons. The van der Waals surface area contributed by atoms with E-state index in [1.807, 2.05) is 24.3 Å². The zero-order chi connectivity index (χ0) is 22.8. The number of carbonyl (C=O) groups is 2. The second-order valence-electron chi connectivity index (χ2n) is 8.48. The van der Waals surface area contributed by atoms with Gasteiger partial charge in [-0.2, -0.15) is 0 Å². The molecule has 3 aliphatic rings. The maximum Gasteiger partial charge on any atom is 0.258 e. The molecule has 2 amide bonds. The second-order valence-corrected chi connectivity index (χ2v) is 9.73. The molecule has 2 aromatic carbocycles. The summed E-state index contributed by atoms with van der Waals surface area (Å²) >= 11 is 17.7. The highest BCUT2D eigenvalue weighted by atomic mass is 35.5. The van der Waals surface area contributed by atoms with Crippen LogP contribution in [0.5, 0.6) is 5.75 Å². The van der Waals surface area contributed by atoms with Gasteiger partial charge in [0.1, 0.15) is 12.4 Å². The van der Waals surface area contributed by atoms with Crippen LogP contribution in [0.3, 0.4) is 0 Å². The minimum atomic E-state index is -0.249. The summed E-state index contributed by atoms with van der Waals surface area (Å²) in [6.45, 7) is 0.369. The van der Waals surface area contributed by atoms with Crippen molar-refractivity contribution in [1.82, 2.24) is 10.6 Å². The van der Waals surface area contributed by atoms with E-state index in [4.69, 9.17) is 44.3 Å². The van der Waals surface area contributed by atoms with Crippen LogP contribution < -0.4 is 15.4 Å². The van der Waals surface area contributed by atoms with Crippen molar-refractivity contribution in [2.24, 2.45) is 0 Å². The van der Waals surface area contributed by atoms with Crippen LogP contribution in [0.1, 0.15) is 24.8 Å². The number of nitrogens with one attached hydrogen (secondary N) is 2. The zero-order valence-corrected chi connectivity index (χ0v) is 19.5. The number of amides is 2. The molecule has 3 saturated carbocycles. The van der Waals surface area contributed by atoms with Gasteiger partial charge in [0.15, 0.2) is 6.61 Å². The molecule has 0 radical (unpaired) electrons. The van der Waals surface area contributed by atoms with E-state index in [2.05, 4.69) is 10.6 Å². The number of halogens is 3. The Labute approximate surface area is 201 Å². The molecule has 0 saturated heterocycles. The standard InChI is InChI=1S/C23H23Cl3N2O4/c24-16-3-1-15(2-4-16)7-8-31-10-20(29)27-22-12-23(13-22,14-22)28-21(30)11-32-17-5-6-18(25)19(26)9-17/h1-6,9H,7-8,10-14H2,(H,27,29)(H,28,30). The van der Waals surface area contributed by atoms with E-state index < -0.39 is 0 Å². The van der Waals surface area contributed by atoms with Crippen LogP contribution in [-0.4, -0.2) is 42.7 Å². The van der Waals surface area contributed by atoms with Crippen molar-refractivity contribution in [3.8, 4) is 5.75 Å². The van der Waals surface area contributed by atoms with Gasteiger partial charge in [-0.3, -0.25) is 9.59 Å². The van der Waals surface area contributed by atoms with Crippen molar-refractivity contribution in [1.29, 1.82) is 0 Å². The summed E-state index contributed by atoms with van der Waals surface area (Å²) in [4.78, 5) is 24.4. The van der Waals surface area contributed by atoms with Crippen LogP contribution in [0, 0.1) is 0 Å². The van der Waals surface area contributed by atoms with Gasteiger partial charge in [0.2, 0.25) is 5.91 Å². The minimum Gasteiger partial charge on any atom is -0.484 e. The Hall–Kier alpha value is -1.99. The van der Waals surface area contributed by atoms with E-state index in [1.54, 1.807) is 18.2 Å². The summed E-state index contributed by atoms with van der Waals surface area (Å²) in [5.74, 6) is 0.136. The van der Waals surface area contributed by atoms with E-state index in [1.165, 1.54) is 0 Å². The molecule has 0 atom stereocenters. The number of rotatable bonds is 10. The zero-order valence-electron chi connectivity index (χ0n) is 17.3. The molecule has 9 heteroatoms. The lowest BCUT2D eigenvalue weighted by atomic mass is 9.44. The van der Waals surface area contributed by atoms with Crippen LogP contribution in [0.25, 0.3) is 0 Å². The molecule has 3 aliphatic carbocycles. The average Bonchev–Trinajstić information content (AvgIpc) is 2.71. The molecule has 0 aliphatic heterocycles. The highest BCUT2D eigenvalue weighted by Gasteiger charge is 2.69. The first-order valence-electron chi connectivity index (χ1n) is 10.3. The Balaban J connectivity index is 1.11. The molecule has 2 aromatic rings. The van der Waals surface area contributed by atoms with Gasteiger partial charge in [-0.05, 0) is 55.5 Å². The molecule has 3 fully saturated rings. The van der Waals surface area contributed by atoms with Crippen molar-refractivity contribution >= 4 is 46.6 Å². The maximum absolute atomic E-state index is 12.2. The van der Waals surface area contributed by atoms with Crippen LogP contribution in [0.2, 0.25) is 15.1 Å². The summed E-state index contributed by atoms with van der Waals surface area (Å²) in [6.07, 6.45) is 2.87. The SMILES string of the molecule is O=C(COCCc1ccc(Cl)cc1)NC12CC(NC(=O)COc3ccc(Cl)c(Cl)c3)(C1)C2. The molecular formula is C23H23Cl3N2O4. The van der Waals surface area contributed by atoms with Crippen molar-refractivity contribution < 1.29 is 19.1 Å². The topological polar surface area (TPSA) is 76.7 Å². The van der Waals surface area contributed by atoms with Gasteiger partial charge in [-0.1, -0.05) is 46.9 Å². The Kier molecular flexibility index (Phi) is 6.86. The molecule has 2 N–H and O–H groups in total. The third-order valence-corrected chi connectivity index (χ3v) is 6.77. The molecule has 5 rings (SSSR count). The van der Waals surface area contributed by atoms with Crippen molar-refractivity contribution in [2.45, 2.75) is 36.8 Å². The third kappa shape index (κ3) is 5.49. The van der Waals surface area contributed by atoms with Crippen LogP contribution >= 0.6 is 34.8 Å². The summed E-state index contributed by atoms with van der Waals surface area (Å²) < 4.78 is 11.0. The van der Waals surface area contributed by atoms with Gasteiger partial charge >= 0.3 is 0 Å². The molecule has 0 aromatic heterocycles. The molecule has 6 nitrogen and oxygen atoms in total. The van der Waals surface area contributed by atoms with Crippen molar-refractivity contribution in [3.05, 3.63) is 63.1 Å². The Morgan fingerprint density at radius 1 is 0.844 bits per heavy atom. The van der Waals surface area contributed by atoms with E-state index >= 15 is 0 Å². The van der Waals surface area contributed by atoms with E-state index in [9.17, 15) is 9.59 Å². The van der Waals surface area contributed by atoms with Gasteiger partial charge in [0.05, 0.1) is 16.7 Å². The predicted molar refractivity (Wildman–Crippen MR) is 124 cm³/mol. The van der Waals surface area contributed by atoms with E-state index in [0.29, 0.717) is 27.4 Å². The first kappa shape index (κ1) is 23.2. The van der Waals surface area contributed by atoms with E-state index in [0.717, 1.165) is 31.2 Å². The van der Waals surface area contributed by atoms with Crippen LogP contribution in [0.15, 0.2) is 42.5 Å². The molecule has 0 unspecified atom stereocenters. The Bertz CT molecular complexity index is 993. The number of ether oxygens (including phenoxy) is 2. The van der Waals surface area contributed by atoms with Crippen LogP contribution in [-0.2, 0) is 20.7 Å². The normalized spacial score (nSPS) is 23.0. The fourth-order valence-corrected chi connectivity index (χ4v) is 4.85. The summed E-state index contributed by atoms with van der Waals surface area (Å²) in [5.41, 5.74) is 0.630. The highest BCUT2D eigenvalue weighted by Crippen LogP contribution is 2.60. The van der Waals surface area contributed by atoms with Gasteiger partial charge in [0.25, 0.3) is 5.91 Å². The summed E-state index contributed by atoms with van der Waals surface area (Å²) in [6, 6.07) is 12.4. The molecule has 32 heavy (non-hydrogen) atoms. The highest BCUT2D eigenvalue weighted by molar-refractivity contribution is 6.42. The van der Waals surface area contributed by atoms with Gasteiger partial charge in [-0.25, -0.2) is 0 Å². The quantitative estimate of drug-likeness (QED) is 0.483. The third-order valence-electron chi connectivity index (χ3n) is 5.78. The van der Waals surface area contributed by atoms with Gasteiger partial charge in [-0.15, -0.1) is 0 Å².